The second kappa shape index (κ2) is 54.6. The monoisotopic (exact) mass is 269 g/mol. The van der Waals surface area contributed by atoms with Gasteiger partial charge in [-0.05, 0) is 26.8 Å². The standard InChI is InChI=1S/C3H9N.2C3H6.2Na.H3O3P/c1-2-3-4;2*1-3-2;;;1-4(2)3/h2-4H2,1H3;2*3H,1H2,2H3;;;4H,(H2,1,2,3)/q;;;2*+1;/p-2. The molecular weight excluding hydrogens is 247 g/mol. The van der Waals surface area contributed by atoms with Crippen molar-refractivity contribution in [3.8, 4) is 0 Å². The molecule has 0 saturated heterocycles. The van der Waals surface area contributed by atoms with Gasteiger partial charge in [-0.2, -0.15) is 0 Å². The topological polar surface area (TPSA) is 89.2 Å². The average Bonchev–Trinajstić information content (AvgIpc) is 2.06. The van der Waals surface area contributed by atoms with E-state index in [4.69, 9.17) is 20.1 Å². The minimum Gasteiger partial charge on any atom is -0.813 e. The summed E-state index contributed by atoms with van der Waals surface area (Å²) in [6.07, 6.45) is 4.60. The van der Waals surface area contributed by atoms with Crippen LogP contribution in [0.4, 0.5) is 0 Å². The molecule has 0 aliphatic heterocycles. The second-order valence-electron chi connectivity index (χ2n) is 1.86. The predicted octanol–water partition coefficient (Wildman–Crippen LogP) is -5.16. The maximum absolute atomic E-state index is 8.52. The average molecular weight is 269 g/mol. The fraction of sp³-hybridized carbons (Fsp3) is 0.556. The van der Waals surface area contributed by atoms with Gasteiger partial charge in [0, 0.05) is 0 Å². The van der Waals surface area contributed by atoms with E-state index in [9.17, 15) is 0 Å². The van der Waals surface area contributed by atoms with Gasteiger partial charge in [-0.3, -0.25) is 0 Å². The van der Waals surface area contributed by atoms with Crippen molar-refractivity contribution in [2.24, 2.45) is 5.73 Å². The maximum atomic E-state index is 8.52. The molecule has 4 nitrogen and oxygen atoms in total. The van der Waals surface area contributed by atoms with E-state index in [0.717, 1.165) is 13.0 Å². The van der Waals surface area contributed by atoms with Crippen molar-refractivity contribution in [2.45, 2.75) is 27.2 Å². The van der Waals surface area contributed by atoms with Crippen molar-refractivity contribution in [2.75, 3.05) is 6.54 Å². The van der Waals surface area contributed by atoms with E-state index in [1.54, 1.807) is 12.2 Å². The van der Waals surface area contributed by atoms with Gasteiger partial charge in [-0.25, -0.2) is 0 Å². The molecular formula is C9H22NNa2O3P. The number of hydrogen-bond donors (Lipinski definition) is 1. The molecule has 0 aromatic carbocycles. The van der Waals surface area contributed by atoms with Crippen LogP contribution in [0.25, 0.3) is 0 Å². The summed E-state index contributed by atoms with van der Waals surface area (Å²) in [5.41, 5.74) is 5.03. The molecule has 0 rings (SSSR count). The molecule has 0 bridgehead atoms. The Balaban J connectivity index is -0.0000000202. The van der Waals surface area contributed by atoms with E-state index >= 15 is 0 Å². The van der Waals surface area contributed by atoms with Gasteiger partial charge in [0.05, 0.1) is 0 Å². The Hall–Kier alpha value is 1.59. The van der Waals surface area contributed by atoms with E-state index in [2.05, 4.69) is 20.1 Å². The van der Waals surface area contributed by atoms with E-state index in [1.165, 1.54) is 0 Å². The normalized spacial score (nSPS) is 5.69. The summed E-state index contributed by atoms with van der Waals surface area (Å²) in [5, 5.41) is 0. The molecule has 0 saturated carbocycles. The predicted molar refractivity (Wildman–Crippen MR) is 60.1 cm³/mol. The van der Waals surface area contributed by atoms with Gasteiger partial charge in [-0.15, -0.1) is 13.2 Å². The first kappa shape index (κ1) is 36.0. The zero-order chi connectivity index (χ0) is 12.4. The Labute approximate surface area is 145 Å². The number of hydrogen-bond acceptors (Lipinski definition) is 4. The number of rotatable bonds is 1. The molecule has 7 heteroatoms. The molecule has 0 heterocycles. The molecule has 0 spiro atoms. The van der Waals surface area contributed by atoms with Crippen LogP contribution < -0.4 is 74.6 Å². The molecule has 0 aromatic heterocycles. The molecule has 0 atom stereocenters. The van der Waals surface area contributed by atoms with Gasteiger partial charge >= 0.3 is 59.1 Å². The van der Waals surface area contributed by atoms with Crippen molar-refractivity contribution in [1.29, 1.82) is 0 Å². The minimum absolute atomic E-state index is 0. The summed E-state index contributed by atoms with van der Waals surface area (Å²) in [4.78, 5) is 17.0. The number of nitrogens with two attached hydrogens (primary N) is 1. The molecule has 0 aromatic rings. The van der Waals surface area contributed by atoms with Crippen LogP contribution >= 0.6 is 8.25 Å². The molecule has 88 valence electrons. The summed E-state index contributed by atoms with van der Waals surface area (Å²) in [7, 11) is -3.63. The fourth-order valence-corrected chi connectivity index (χ4v) is 0. The quantitative estimate of drug-likeness (QED) is 0.293. The minimum atomic E-state index is -3.63. The van der Waals surface area contributed by atoms with Crippen molar-refractivity contribution < 1.29 is 73.5 Å². The van der Waals surface area contributed by atoms with Crippen LogP contribution in [-0.2, 0) is 4.57 Å². The van der Waals surface area contributed by atoms with Crippen LogP contribution in [0.3, 0.4) is 0 Å². The van der Waals surface area contributed by atoms with Gasteiger partial charge in [0.15, 0.2) is 0 Å². The third-order valence-corrected chi connectivity index (χ3v) is 0.289. The van der Waals surface area contributed by atoms with E-state index < -0.39 is 8.25 Å². The number of allylic oxidation sites excluding steroid dienone is 2. The van der Waals surface area contributed by atoms with Crippen LogP contribution in [0, 0.1) is 0 Å². The van der Waals surface area contributed by atoms with E-state index in [1.807, 2.05) is 13.8 Å². The second-order valence-corrected chi connectivity index (χ2v) is 2.36. The molecule has 0 aliphatic rings. The van der Waals surface area contributed by atoms with E-state index in [0.29, 0.717) is 0 Å². The molecule has 16 heavy (non-hydrogen) atoms. The Morgan fingerprint density at radius 3 is 1.25 bits per heavy atom. The maximum Gasteiger partial charge on any atom is 1.00 e. The summed E-state index contributed by atoms with van der Waals surface area (Å²) in [6.45, 7) is 13.4. The van der Waals surface area contributed by atoms with Gasteiger partial charge in [0.25, 0.3) is 0 Å². The summed E-state index contributed by atoms with van der Waals surface area (Å²) < 4.78 is 8.52. The molecule has 2 N–H and O–H groups in total. The summed E-state index contributed by atoms with van der Waals surface area (Å²) in [6, 6.07) is 0. The summed E-state index contributed by atoms with van der Waals surface area (Å²) >= 11 is 0. The van der Waals surface area contributed by atoms with Crippen molar-refractivity contribution >= 4 is 8.25 Å². The zero-order valence-corrected chi connectivity index (χ0v) is 16.3. The van der Waals surface area contributed by atoms with Crippen molar-refractivity contribution in [1.82, 2.24) is 0 Å². The van der Waals surface area contributed by atoms with Crippen LogP contribution in [0.2, 0.25) is 0 Å². The molecule has 0 radical (unpaired) electrons. The van der Waals surface area contributed by atoms with Crippen molar-refractivity contribution in [3.63, 3.8) is 0 Å². The third-order valence-electron chi connectivity index (χ3n) is 0.289. The Kier molecular flexibility index (Phi) is 123. The van der Waals surface area contributed by atoms with Gasteiger partial charge in [0.2, 0.25) is 0 Å². The van der Waals surface area contributed by atoms with E-state index in [-0.39, 0.29) is 59.1 Å². The Morgan fingerprint density at radius 1 is 1.19 bits per heavy atom. The van der Waals surface area contributed by atoms with Crippen LogP contribution in [0.5, 0.6) is 0 Å². The molecule has 0 aliphatic carbocycles. The Bertz CT molecular complexity index is 115. The van der Waals surface area contributed by atoms with Crippen LogP contribution in [0.1, 0.15) is 27.2 Å². The Morgan fingerprint density at radius 2 is 1.25 bits per heavy atom. The first-order chi connectivity index (χ1) is 6.47. The smallest absolute Gasteiger partial charge is 0.813 e. The van der Waals surface area contributed by atoms with Crippen LogP contribution in [-0.4, -0.2) is 6.54 Å². The molecule has 0 unspecified atom stereocenters. The molecule has 0 amide bonds. The summed E-state index contributed by atoms with van der Waals surface area (Å²) in [5.74, 6) is 0. The first-order valence-electron chi connectivity index (χ1n) is 4.20. The van der Waals surface area contributed by atoms with Crippen molar-refractivity contribution in [3.05, 3.63) is 25.3 Å². The molecule has 0 fully saturated rings. The largest absolute Gasteiger partial charge is 1.00 e. The zero-order valence-electron chi connectivity index (χ0n) is 11.3. The fourth-order valence-electron chi connectivity index (χ4n) is 0. The van der Waals surface area contributed by atoms with Gasteiger partial charge in [0.1, 0.15) is 0 Å². The third kappa shape index (κ3) is 495. The SMILES string of the molecule is C=CC.C=CC.CCCN.O=[PH]([O-])[O-].[Na+].[Na+]. The van der Waals surface area contributed by atoms with Gasteiger partial charge < -0.3 is 20.1 Å². The first-order valence-corrected chi connectivity index (χ1v) is 5.42. The van der Waals surface area contributed by atoms with Crippen LogP contribution in [0.15, 0.2) is 25.3 Å². The van der Waals surface area contributed by atoms with Gasteiger partial charge in [-0.1, -0.05) is 27.3 Å².